The summed E-state index contributed by atoms with van der Waals surface area (Å²) in [7, 11) is 0. The topological polar surface area (TPSA) is 68.8 Å². The molecule has 6 nitrogen and oxygen atoms in total. The predicted octanol–water partition coefficient (Wildman–Crippen LogP) is 1.82. The van der Waals surface area contributed by atoms with E-state index in [0.29, 0.717) is 12.5 Å². The minimum atomic E-state index is 0.00782. The summed E-state index contributed by atoms with van der Waals surface area (Å²) in [5.41, 5.74) is 1.74. The van der Waals surface area contributed by atoms with Gasteiger partial charge < -0.3 is 9.67 Å². The minimum absolute atomic E-state index is 0.00782. The SMILES string of the molecule is CC(C)Cn1ncnc1Cn1cc(CO)c2cccnc21. The van der Waals surface area contributed by atoms with Gasteiger partial charge in [0, 0.05) is 29.9 Å². The maximum absolute atomic E-state index is 9.47. The molecule has 0 aliphatic heterocycles. The van der Waals surface area contributed by atoms with E-state index in [2.05, 4.69) is 28.9 Å². The summed E-state index contributed by atoms with van der Waals surface area (Å²) in [4.78, 5) is 8.76. The van der Waals surface area contributed by atoms with Gasteiger partial charge in [-0.15, -0.1) is 0 Å². The first-order valence-corrected chi connectivity index (χ1v) is 7.09. The second kappa shape index (κ2) is 5.65. The van der Waals surface area contributed by atoms with Crippen LogP contribution < -0.4 is 0 Å². The molecule has 3 rings (SSSR count). The summed E-state index contributed by atoms with van der Waals surface area (Å²) in [6.45, 7) is 5.76. The monoisotopic (exact) mass is 285 g/mol. The molecule has 6 heteroatoms. The fraction of sp³-hybridized carbons (Fsp3) is 0.400. The molecule has 1 N–H and O–H groups in total. The Labute approximate surface area is 123 Å². The van der Waals surface area contributed by atoms with Gasteiger partial charge in [0.05, 0.1) is 13.2 Å². The van der Waals surface area contributed by atoms with Gasteiger partial charge in [-0.25, -0.2) is 14.6 Å². The van der Waals surface area contributed by atoms with Crippen LogP contribution in [0.3, 0.4) is 0 Å². The Kier molecular flexibility index (Phi) is 3.70. The van der Waals surface area contributed by atoms with Crippen LogP contribution in [-0.2, 0) is 19.7 Å². The first-order chi connectivity index (χ1) is 10.2. The highest BCUT2D eigenvalue weighted by molar-refractivity contribution is 5.80. The number of nitrogens with zero attached hydrogens (tertiary/aromatic N) is 5. The van der Waals surface area contributed by atoms with E-state index < -0.39 is 0 Å². The van der Waals surface area contributed by atoms with E-state index in [1.54, 1.807) is 12.5 Å². The van der Waals surface area contributed by atoms with Crippen molar-refractivity contribution in [2.24, 2.45) is 5.92 Å². The molecule has 0 aromatic carbocycles. The molecular weight excluding hydrogens is 266 g/mol. The molecule has 0 radical (unpaired) electrons. The Hall–Kier alpha value is -2.21. The Morgan fingerprint density at radius 2 is 2.14 bits per heavy atom. The summed E-state index contributed by atoms with van der Waals surface area (Å²) < 4.78 is 3.94. The molecule has 0 spiro atoms. The van der Waals surface area contributed by atoms with Crippen LogP contribution in [0.1, 0.15) is 25.2 Å². The molecule has 0 aliphatic carbocycles. The van der Waals surface area contributed by atoms with Crippen molar-refractivity contribution < 1.29 is 5.11 Å². The van der Waals surface area contributed by atoms with Gasteiger partial charge in [0.15, 0.2) is 0 Å². The lowest BCUT2D eigenvalue weighted by Crippen LogP contribution is -2.13. The standard InChI is InChI=1S/C15H19N5O/c1-11(2)6-20-14(17-10-18-20)8-19-7-12(9-21)13-4-3-5-16-15(13)19/h3-5,7,10-11,21H,6,8-9H2,1-2H3. The van der Waals surface area contributed by atoms with Gasteiger partial charge in [-0.1, -0.05) is 13.8 Å². The zero-order valence-electron chi connectivity index (χ0n) is 12.3. The molecule has 3 aromatic rings. The van der Waals surface area contributed by atoms with E-state index in [9.17, 15) is 5.11 Å². The molecule has 0 fully saturated rings. The van der Waals surface area contributed by atoms with Crippen LogP contribution in [0.2, 0.25) is 0 Å². The van der Waals surface area contributed by atoms with Gasteiger partial charge in [-0.2, -0.15) is 5.10 Å². The Balaban J connectivity index is 1.97. The largest absolute Gasteiger partial charge is 0.392 e. The van der Waals surface area contributed by atoms with Crippen molar-refractivity contribution in [3.63, 3.8) is 0 Å². The van der Waals surface area contributed by atoms with Crippen LogP contribution in [0, 0.1) is 5.92 Å². The number of fused-ring (bicyclic) bond motifs is 1. The van der Waals surface area contributed by atoms with Crippen molar-refractivity contribution in [2.75, 3.05) is 0 Å². The Morgan fingerprint density at radius 3 is 2.90 bits per heavy atom. The fourth-order valence-electron chi connectivity index (χ4n) is 2.50. The highest BCUT2D eigenvalue weighted by Gasteiger charge is 2.12. The second-order valence-electron chi connectivity index (χ2n) is 5.57. The van der Waals surface area contributed by atoms with Crippen molar-refractivity contribution >= 4 is 11.0 Å². The molecular formula is C15H19N5O. The zero-order valence-corrected chi connectivity index (χ0v) is 12.3. The van der Waals surface area contributed by atoms with Gasteiger partial charge in [0.2, 0.25) is 0 Å². The quantitative estimate of drug-likeness (QED) is 0.776. The lowest BCUT2D eigenvalue weighted by atomic mass is 10.2. The summed E-state index contributed by atoms with van der Waals surface area (Å²) in [5, 5.41) is 14.7. The number of aromatic nitrogens is 5. The average molecular weight is 285 g/mol. The maximum Gasteiger partial charge on any atom is 0.146 e. The van der Waals surface area contributed by atoms with E-state index >= 15 is 0 Å². The summed E-state index contributed by atoms with van der Waals surface area (Å²) in [6, 6.07) is 3.86. The minimum Gasteiger partial charge on any atom is -0.392 e. The Morgan fingerprint density at radius 1 is 1.29 bits per heavy atom. The molecule has 0 bridgehead atoms. The molecule has 0 saturated heterocycles. The molecule has 21 heavy (non-hydrogen) atoms. The Bertz CT molecular complexity index is 743. The lowest BCUT2D eigenvalue weighted by molar-refractivity contribution is 0.283. The van der Waals surface area contributed by atoms with Gasteiger partial charge in [-0.3, -0.25) is 0 Å². The lowest BCUT2D eigenvalue weighted by Gasteiger charge is -2.09. The average Bonchev–Trinajstić information content (AvgIpc) is 3.04. The molecule has 110 valence electrons. The van der Waals surface area contributed by atoms with Crippen LogP contribution >= 0.6 is 0 Å². The van der Waals surface area contributed by atoms with Crippen molar-refractivity contribution in [3.8, 4) is 0 Å². The van der Waals surface area contributed by atoms with Crippen LogP contribution in [0.15, 0.2) is 30.9 Å². The van der Waals surface area contributed by atoms with Gasteiger partial charge in [0.25, 0.3) is 0 Å². The first-order valence-electron chi connectivity index (χ1n) is 7.09. The third-order valence-electron chi connectivity index (χ3n) is 3.43. The third kappa shape index (κ3) is 2.67. The van der Waals surface area contributed by atoms with Crippen LogP contribution in [0.5, 0.6) is 0 Å². The molecule has 0 amide bonds. The smallest absolute Gasteiger partial charge is 0.146 e. The fourth-order valence-corrected chi connectivity index (χ4v) is 2.50. The summed E-state index contributed by atoms with van der Waals surface area (Å²) in [5.74, 6) is 1.41. The molecule has 0 atom stereocenters. The summed E-state index contributed by atoms with van der Waals surface area (Å²) in [6.07, 6.45) is 5.29. The van der Waals surface area contributed by atoms with E-state index in [-0.39, 0.29) is 6.61 Å². The predicted molar refractivity (Wildman–Crippen MR) is 79.6 cm³/mol. The highest BCUT2D eigenvalue weighted by Crippen LogP contribution is 2.20. The van der Waals surface area contributed by atoms with E-state index in [1.807, 2.05) is 27.6 Å². The molecule has 3 heterocycles. The van der Waals surface area contributed by atoms with E-state index in [4.69, 9.17) is 0 Å². The summed E-state index contributed by atoms with van der Waals surface area (Å²) >= 11 is 0. The molecule has 3 aromatic heterocycles. The van der Waals surface area contributed by atoms with Crippen molar-refractivity contribution in [3.05, 3.63) is 42.2 Å². The highest BCUT2D eigenvalue weighted by atomic mass is 16.3. The van der Waals surface area contributed by atoms with Crippen molar-refractivity contribution in [1.82, 2.24) is 24.3 Å². The molecule has 0 unspecified atom stereocenters. The van der Waals surface area contributed by atoms with Crippen LogP contribution in [0.25, 0.3) is 11.0 Å². The van der Waals surface area contributed by atoms with Gasteiger partial charge >= 0.3 is 0 Å². The van der Waals surface area contributed by atoms with Crippen LogP contribution in [-0.4, -0.2) is 29.4 Å². The maximum atomic E-state index is 9.47. The normalized spacial score (nSPS) is 11.6. The van der Waals surface area contributed by atoms with Gasteiger partial charge in [-0.05, 0) is 18.1 Å². The second-order valence-corrected chi connectivity index (χ2v) is 5.57. The first kappa shape index (κ1) is 13.8. The number of aliphatic hydroxyl groups excluding tert-OH is 1. The van der Waals surface area contributed by atoms with Crippen LogP contribution in [0.4, 0.5) is 0 Å². The number of hydrogen-bond donors (Lipinski definition) is 1. The van der Waals surface area contributed by atoms with Gasteiger partial charge in [0.1, 0.15) is 17.8 Å². The molecule has 0 saturated carbocycles. The number of pyridine rings is 1. The molecule has 0 aliphatic rings. The van der Waals surface area contributed by atoms with Crippen molar-refractivity contribution in [2.45, 2.75) is 33.5 Å². The number of aliphatic hydroxyl groups is 1. The van der Waals surface area contributed by atoms with E-state index in [0.717, 1.165) is 29.0 Å². The van der Waals surface area contributed by atoms with E-state index in [1.165, 1.54) is 0 Å². The number of hydrogen-bond acceptors (Lipinski definition) is 4. The third-order valence-corrected chi connectivity index (χ3v) is 3.43. The van der Waals surface area contributed by atoms with Crippen molar-refractivity contribution in [1.29, 1.82) is 0 Å². The number of rotatable bonds is 5. The zero-order chi connectivity index (χ0) is 14.8.